The Balaban J connectivity index is 0.000000293. The largest absolute Gasteiger partial charge is 1.00 e. The van der Waals surface area contributed by atoms with Crippen LogP contribution in [0.4, 0.5) is 11.4 Å². The second-order valence-corrected chi connectivity index (χ2v) is 12.7. The van der Waals surface area contributed by atoms with E-state index in [0.717, 1.165) is 35.6 Å². The van der Waals surface area contributed by atoms with Crippen molar-refractivity contribution in [2.24, 2.45) is 0 Å². The number of anilines is 2. The van der Waals surface area contributed by atoms with Crippen molar-refractivity contribution < 1.29 is 94.8 Å². The van der Waals surface area contributed by atoms with Gasteiger partial charge in [0.05, 0.1) is 9.79 Å². The van der Waals surface area contributed by atoms with Crippen LogP contribution in [0.2, 0.25) is 0 Å². The fourth-order valence-corrected chi connectivity index (χ4v) is 5.56. The molecule has 0 aliphatic rings. The normalized spacial score (nSPS) is 11.1. The van der Waals surface area contributed by atoms with Gasteiger partial charge >= 0.3 is 68.9 Å². The Morgan fingerprint density at radius 2 is 1.02 bits per heavy atom. The van der Waals surface area contributed by atoms with E-state index in [1.807, 2.05) is 69.3 Å². The van der Waals surface area contributed by atoms with Gasteiger partial charge in [-0.3, -0.25) is 4.55 Å². The zero-order valence-corrected chi connectivity index (χ0v) is 33.2. The van der Waals surface area contributed by atoms with Crippen molar-refractivity contribution in [3.63, 3.8) is 0 Å². The van der Waals surface area contributed by atoms with Gasteiger partial charge in [-0.15, -0.1) is 0 Å². The third-order valence-electron chi connectivity index (χ3n) is 6.63. The smallest absolute Gasteiger partial charge is 0.744 e. The third-order valence-corrected chi connectivity index (χ3v) is 8.31. The molecule has 0 aromatic heterocycles. The molecule has 0 saturated carbocycles. The molecule has 0 aliphatic carbocycles. The average Bonchev–Trinajstić information content (AvgIpc) is 2.94. The number of hydrogen-bond donors (Lipinski definition) is 1. The molecule has 0 unspecified atom stereocenters. The van der Waals surface area contributed by atoms with Crippen molar-refractivity contribution >= 4 is 31.6 Å². The number of rotatable bonds is 10. The number of aryl methyl sites for hydroxylation is 2. The Kier molecular flexibility index (Phi) is 15.0. The minimum Gasteiger partial charge on any atom is -0.744 e. The number of benzene rings is 4. The second kappa shape index (κ2) is 17.2. The molecule has 4 aromatic rings. The van der Waals surface area contributed by atoms with Crippen LogP contribution in [0, 0.1) is 13.8 Å². The Hall–Kier alpha value is -1.65. The Labute approximate surface area is 315 Å². The van der Waals surface area contributed by atoms with Crippen molar-refractivity contribution in [2.75, 3.05) is 22.9 Å². The van der Waals surface area contributed by atoms with Crippen molar-refractivity contribution in [2.45, 2.75) is 50.6 Å². The molecule has 0 radical (unpaired) electrons. The number of hydrogen-bond acceptors (Lipinski definition) is 7. The third kappa shape index (κ3) is 12.0. The fraction of sp³-hybridized carbons (Fsp3) is 0.250. The van der Waals surface area contributed by atoms with Crippen LogP contribution < -0.4 is 78.7 Å². The van der Waals surface area contributed by atoms with Gasteiger partial charge < -0.3 is 14.4 Å². The van der Waals surface area contributed by atoms with Crippen LogP contribution in [-0.4, -0.2) is 39.0 Å². The van der Waals surface area contributed by atoms with Crippen LogP contribution in [0.1, 0.15) is 36.1 Å². The van der Waals surface area contributed by atoms with E-state index in [9.17, 15) is 21.4 Å². The van der Waals surface area contributed by atoms with Crippen molar-refractivity contribution in [3.05, 3.63) is 119 Å². The minimum absolute atomic E-state index is 0. The summed E-state index contributed by atoms with van der Waals surface area (Å²) >= 11 is 0. The Morgan fingerprint density at radius 1 is 0.628 bits per heavy atom. The Morgan fingerprint density at radius 3 is 1.40 bits per heavy atom. The van der Waals surface area contributed by atoms with Crippen molar-refractivity contribution in [1.82, 2.24) is 0 Å². The van der Waals surface area contributed by atoms with Gasteiger partial charge in [-0.05, 0) is 98.5 Å². The molecular formula is C32H37CsN2O6S2. The molecule has 0 atom stereocenters. The zero-order valence-electron chi connectivity index (χ0n) is 25.3. The molecule has 0 amide bonds. The predicted octanol–water partition coefficient (Wildman–Crippen LogP) is 3.20. The van der Waals surface area contributed by atoms with Crippen LogP contribution in [0.3, 0.4) is 0 Å². The maximum Gasteiger partial charge on any atom is 1.00 e. The van der Waals surface area contributed by atoms with Crippen LogP contribution in [0.5, 0.6) is 0 Å². The molecule has 0 fully saturated rings. The topological polar surface area (TPSA) is 118 Å². The standard InChI is InChI=1S/2C16H19NO3S.Cs/c2*1-3-17(15-8-4-6-13(2)10-15)12-14-7-5-9-16(11-14)21(18,19)20;/h2*4-11H,3,12H2,1-2H3,(H,18,19,20);/q;;+1/p-1. The SMILES string of the molecule is CCN(Cc1cccc(S(=O)(=O)O)c1)c1cccc(C)c1.CCN(Cc1cccc(S(=O)(=O)[O-])c1)c1cccc(C)c1.[Cs+]. The molecule has 224 valence electrons. The Bertz CT molecular complexity index is 1590. The molecule has 0 spiro atoms. The summed E-state index contributed by atoms with van der Waals surface area (Å²) in [7, 11) is -8.57. The molecule has 0 bridgehead atoms. The maximum absolute atomic E-state index is 11.2. The van der Waals surface area contributed by atoms with Gasteiger partial charge in [0.15, 0.2) is 0 Å². The van der Waals surface area contributed by atoms with E-state index in [2.05, 4.69) is 28.9 Å². The van der Waals surface area contributed by atoms with Gasteiger partial charge in [0.25, 0.3) is 10.1 Å². The van der Waals surface area contributed by atoms with Gasteiger partial charge in [0.2, 0.25) is 0 Å². The molecule has 0 saturated heterocycles. The number of nitrogens with zero attached hydrogens (tertiary/aromatic N) is 2. The summed E-state index contributed by atoms with van der Waals surface area (Å²) < 4.78 is 64.8. The first-order valence-electron chi connectivity index (χ1n) is 13.5. The van der Waals surface area contributed by atoms with E-state index in [0.29, 0.717) is 13.1 Å². The van der Waals surface area contributed by atoms with Gasteiger partial charge in [0, 0.05) is 37.6 Å². The molecule has 0 aliphatic heterocycles. The summed E-state index contributed by atoms with van der Waals surface area (Å²) in [5.74, 6) is 0. The summed E-state index contributed by atoms with van der Waals surface area (Å²) in [4.78, 5) is 4.03. The summed E-state index contributed by atoms with van der Waals surface area (Å²) in [6.45, 7) is 10.9. The summed E-state index contributed by atoms with van der Waals surface area (Å²) in [5, 5.41) is 0. The van der Waals surface area contributed by atoms with Crippen molar-refractivity contribution in [1.29, 1.82) is 0 Å². The first-order valence-corrected chi connectivity index (χ1v) is 16.4. The van der Waals surface area contributed by atoms with E-state index in [1.54, 1.807) is 12.1 Å². The van der Waals surface area contributed by atoms with E-state index in [1.165, 1.54) is 35.4 Å². The molecule has 43 heavy (non-hydrogen) atoms. The molecule has 8 nitrogen and oxygen atoms in total. The van der Waals surface area contributed by atoms with E-state index < -0.39 is 20.2 Å². The van der Waals surface area contributed by atoms with Gasteiger partial charge in [0.1, 0.15) is 10.1 Å². The summed E-state index contributed by atoms with van der Waals surface area (Å²) in [5.41, 5.74) is 6.16. The van der Waals surface area contributed by atoms with Gasteiger partial charge in [-0.2, -0.15) is 8.42 Å². The average molecular weight is 743 g/mol. The van der Waals surface area contributed by atoms with Gasteiger partial charge in [-0.25, -0.2) is 8.42 Å². The molecule has 1 N–H and O–H groups in total. The maximum atomic E-state index is 11.2. The first-order chi connectivity index (χ1) is 19.8. The predicted molar refractivity (Wildman–Crippen MR) is 166 cm³/mol. The van der Waals surface area contributed by atoms with Crippen molar-refractivity contribution in [3.8, 4) is 0 Å². The van der Waals surface area contributed by atoms with E-state index in [-0.39, 0.29) is 78.7 Å². The minimum atomic E-state index is -4.41. The van der Waals surface area contributed by atoms with E-state index in [4.69, 9.17) is 4.55 Å². The zero-order chi connectivity index (χ0) is 30.9. The van der Waals surface area contributed by atoms with Gasteiger partial charge in [-0.1, -0.05) is 48.5 Å². The summed E-state index contributed by atoms with van der Waals surface area (Å²) in [6.07, 6.45) is 0. The monoisotopic (exact) mass is 742 g/mol. The van der Waals surface area contributed by atoms with Crippen LogP contribution >= 0.6 is 0 Å². The summed E-state index contributed by atoms with van der Waals surface area (Å²) in [6, 6.07) is 28.9. The van der Waals surface area contributed by atoms with Crippen LogP contribution in [-0.2, 0) is 33.3 Å². The molecule has 4 rings (SSSR count). The van der Waals surface area contributed by atoms with Crippen LogP contribution in [0.25, 0.3) is 0 Å². The first kappa shape index (κ1) is 37.5. The fourth-order valence-electron chi connectivity index (χ4n) is 4.47. The molecular weight excluding hydrogens is 705 g/mol. The van der Waals surface area contributed by atoms with Crippen LogP contribution in [0.15, 0.2) is 107 Å². The van der Waals surface area contributed by atoms with E-state index >= 15 is 0 Å². The molecule has 4 aromatic carbocycles. The second-order valence-electron chi connectivity index (χ2n) is 9.93. The molecule has 11 heteroatoms. The molecule has 0 heterocycles. The quantitative estimate of drug-likeness (QED) is 0.247.